The number of allylic oxidation sites excluding steroid dienone is 1. The van der Waals surface area contributed by atoms with Gasteiger partial charge in [0, 0.05) is 11.5 Å². The van der Waals surface area contributed by atoms with Crippen molar-refractivity contribution < 1.29 is 19.2 Å². The molecule has 5 atom stereocenters. The van der Waals surface area contributed by atoms with Crippen LogP contribution in [0, 0.1) is 29.0 Å². The van der Waals surface area contributed by atoms with Gasteiger partial charge in [0.25, 0.3) is 0 Å². The second-order valence-corrected chi connectivity index (χ2v) is 8.76. The van der Waals surface area contributed by atoms with Gasteiger partial charge in [0.05, 0.1) is 6.54 Å². The van der Waals surface area contributed by atoms with Crippen LogP contribution in [0.4, 0.5) is 4.39 Å². The van der Waals surface area contributed by atoms with E-state index < -0.39 is 0 Å². The minimum atomic E-state index is -0.214. The summed E-state index contributed by atoms with van der Waals surface area (Å²) in [5.41, 5.74) is 2.71. The highest BCUT2D eigenvalue weighted by Gasteiger charge is 2.55. The molecule has 140 valence electrons. The fourth-order valence-electron chi connectivity index (χ4n) is 5.58. The molecule has 3 nitrogen and oxygen atoms in total. The number of benzene rings is 1. The molecule has 0 radical (unpaired) electrons. The van der Waals surface area contributed by atoms with Crippen molar-refractivity contribution in [3.63, 3.8) is 0 Å². The number of fused-ring (bicyclic) bond motifs is 2. The second kappa shape index (κ2) is 6.80. The van der Waals surface area contributed by atoms with Crippen molar-refractivity contribution >= 4 is 5.97 Å². The molecule has 0 amide bonds. The first-order valence-corrected chi connectivity index (χ1v) is 9.90. The summed E-state index contributed by atoms with van der Waals surface area (Å²) in [4.78, 5) is 12.5. The molecule has 4 heteroatoms. The van der Waals surface area contributed by atoms with Gasteiger partial charge in [-0.3, -0.25) is 4.79 Å². The number of esters is 1. The molecule has 3 fully saturated rings. The Morgan fingerprint density at radius 3 is 2.88 bits per heavy atom. The predicted molar refractivity (Wildman–Crippen MR) is 97.6 cm³/mol. The fourth-order valence-corrected chi connectivity index (χ4v) is 5.58. The Kier molecular flexibility index (Phi) is 4.64. The number of rotatable bonds is 4. The lowest BCUT2D eigenvalue weighted by molar-refractivity contribution is -0.675. The highest BCUT2D eigenvalue weighted by Crippen LogP contribution is 2.56. The molecule has 1 saturated heterocycles. The number of carbonyl (C=O) groups is 1. The minimum absolute atomic E-state index is 0.0248. The van der Waals surface area contributed by atoms with Crippen molar-refractivity contribution in [2.45, 2.75) is 51.7 Å². The van der Waals surface area contributed by atoms with Crippen molar-refractivity contribution in [2.24, 2.45) is 23.2 Å². The van der Waals surface area contributed by atoms with Gasteiger partial charge in [-0.1, -0.05) is 31.2 Å². The summed E-state index contributed by atoms with van der Waals surface area (Å²) >= 11 is 0. The van der Waals surface area contributed by atoms with Crippen molar-refractivity contribution in [1.29, 1.82) is 0 Å². The molecule has 0 aromatic heterocycles. The Morgan fingerprint density at radius 2 is 2.12 bits per heavy atom. The van der Waals surface area contributed by atoms with E-state index in [0.717, 1.165) is 37.9 Å². The van der Waals surface area contributed by atoms with Crippen molar-refractivity contribution in [1.82, 2.24) is 0 Å². The lowest BCUT2D eigenvalue weighted by Crippen LogP contribution is -2.84. The van der Waals surface area contributed by atoms with E-state index in [9.17, 15) is 9.18 Å². The first kappa shape index (κ1) is 17.7. The third-order valence-corrected chi connectivity index (χ3v) is 7.03. The lowest BCUT2D eigenvalue weighted by Gasteiger charge is -2.49. The van der Waals surface area contributed by atoms with Crippen LogP contribution < -0.4 is 5.32 Å². The van der Waals surface area contributed by atoms with E-state index in [2.05, 4.69) is 18.8 Å². The molecular weight excluding hydrogens is 329 g/mol. The summed E-state index contributed by atoms with van der Waals surface area (Å²) in [5, 5.41) is 2.16. The molecule has 3 aliphatic rings. The van der Waals surface area contributed by atoms with Crippen molar-refractivity contribution in [3.8, 4) is 0 Å². The van der Waals surface area contributed by atoms with E-state index in [1.165, 1.54) is 30.5 Å². The van der Waals surface area contributed by atoms with Crippen LogP contribution in [-0.4, -0.2) is 18.6 Å². The van der Waals surface area contributed by atoms with Gasteiger partial charge in [0.2, 0.25) is 0 Å². The summed E-state index contributed by atoms with van der Waals surface area (Å²) in [6, 6.07) is 6.58. The highest BCUT2D eigenvalue weighted by molar-refractivity contribution is 5.75. The van der Waals surface area contributed by atoms with E-state index >= 15 is 0 Å². The van der Waals surface area contributed by atoms with Gasteiger partial charge < -0.3 is 10.1 Å². The van der Waals surface area contributed by atoms with Gasteiger partial charge in [-0.25, -0.2) is 4.39 Å². The molecule has 1 aliphatic heterocycles. The summed E-state index contributed by atoms with van der Waals surface area (Å²) in [5.74, 6) is 0.586. The molecule has 1 aromatic rings. The summed E-state index contributed by atoms with van der Waals surface area (Å²) in [7, 11) is 0. The molecule has 0 unspecified atom stereocenters. The Balaban J connectivity index is 1.40. The maximum absolute atomic E-state index is 13.0. The number of halogens is 1. The summed E-state index contributed by atoms with van der Waals surface area (Å²) in [6.07, 6.45) is 5.68. The molecule has 1 aromatic carbocycles. The Bertz CT molecular complexity index is 701. The molecule has 0 spiro atoms. The zero-order valence-electron chi connectivity index (χ0n) is 15.5. The van der Waals surface area contributed by atoms with E-state index in [0.29, 0.717) is 11.8 Å². The van der Waals surface area contributed by atoms with E-state index in [-0.39, 0.29) is 29.2 Å². The molecule has 2 aliphatic carbocycles. The summed E-state index contributed by atoms with van der Waals surface area (Å²) < 4.78 is 18.8. The van der Waals surface area contributed by atoms with Crippen LogP contribution in [0.2, 0.25) is 0 Å². The molecule has 0 bridgehead atoms. The zero-order valence-corrected chi connectivity index (χ0v) is 15.5. The molecular formula is C22H29FNO2+. The van der Waals surface area contributed by atoms with Crippen LogP contribution in [0.1, 0.15) is 44.6 Å². The number of ether oxygens (including phenoxy) is 1. The number of hydrogen-bond acceptors (Lipinski definition) is 2. The van der Waals surface area contributed by atoms with Crippen LogP contribution in [0.15, 0.2) is 36.4 Å². The monoisotopic (exact) mass is 358 g/mol. The maximum Gasteiger partial charge on any atom is 0.315 e. The fraction of sp³-hybridized carbons (Fsp3) is 0.591. The molecule has 1 heterocycles. The minimum Gasteiger partial charge on any atom is -0.462 e. The molecule has 2 saturated carbocycles. The standard InChI is InChI=1S/C22H28FNO2/c1-14-4-3-9-22(2)11-20-17(10-19(14)22)18(21(25)26-20)13-24-12-15-5-7-16(23)8-6-15/h5-8,17-20,24H,1,3-4,9-13H2,2H3/p+1/t17-,18+,19+,20-,22-/m1/s1. The third-order valence-electron chi connectivity index (χ3n) is 7.03. The van der Waals surface area contributed by atoms with Crippen molar-refractivity contribution in [2.75, 3.05) is 6.54 Å². The van der Waals surface area contributed by atoms with Gasteiger partial charge in [-0.2, -0.15) is 0 Å². The highest BCUT2D eigenvalue weighted by atomic mass is 19.1. The lowest BCUT2D eigenvalue weighted by atomic mass is 9.55. The van der Waals surface area contributed by atoms with E-state index in [4.69, 9.17) is 4.74 Å². The van der Waals surface area contributed by atoms with Gasteiger partial charge in [0.15, 0.2) is 0 Å². The van der Waals surface area contributed by atoms with Crippen LogP contribution >= 0.6 is 0 Å². The quantitative estimate of drug-likeness (QED) is 0.663. The van der Waals surface area contributed by atoms with Gasteiger partial charge in [0.1, 0.15) is 24.4 Å². The average Bonchev–Trinajstić information content (AvgIpc) is 2.89. The first-order chi connectivity index (χ1) is 12.5. The SMILES string of the molecule is C=C1CCC[C@]2(C)C[C@H]3OC(=O)[C@@H](C[NH2+]Cc4ccc(F)cc4)[C@H]3C[C@@H]12. The molecule has 4 rings (SSSR count). The number of quaternary nitrogens is 1. The number of carbonyl (C=O) groups excluding carboxylic acids is 1. The van der Waals surface area contributed by atoms with Gasteiger partial charge in [-0.15, -0.1) is 0 Å². The van der Waals surface area contributed by atoms with Crippen LogP contribution in [-0.2, 0) is 16.1 Å². The Labute approximate surface area is 155 Å². The first-order valence-electron chi connectivity index (χ1n) is 9.90. The van der Waals surface area contributed by atoms with Crippen molar-refractivity contribution in [3.05, 3.63) is 47.8 Å². The second-order valence-electron chi connectivity index (χ2n) is 8.76. The van der Waals surface area contributed by atoms with Crippen LogP contribution in [0.3, 0.4) is 0 Å². The smallest absolute Gasteiger partial charge is 0.315 e. The maximum atomic E-state index is 13.0. The molecule has 26 heavy (non-hydrogen) atoms. The topological polar surface area (TPSA) is 42.9 Å². The molecule has 2 N–H and O–H groups in total. The van der Waals surface area contributed by atoms with Crippen LogP contribution in [0.5, 0.6) is 0 Å². The van der Waals surface area contributed by atoms with Crippen LogP contribution in [0.25, 0.3) is 0 Å². The average molecular weight is 358 g/mol. The van der Waals surface area contributed by atoms with Gasteiger partial charge >= 0.3 is 5.97 Å². The normalized spacial score (nSPS) is 36.4. The van der Waals surface area contributed by atoms with E-state index in [1.807, 2.05) is 0 Å². The Morgan fingerprint density at radius 1 is 1.35 bits per heavy atom. The number of hydrogen-bond donors (Lipinski definition) is 1. The van der Waals surface area contributed by atoms with E-state index in [1.54, 1.807) is 12.1 Å². The largest absolute Gasteiger partial charge is 0.462 e. The van der Waals surface area contributed by atoms with Gasteiger partial charge in [-0.05, 0) is 55.6 Å². The summed E-state index contributed by atoms with van der Waals surface area (Å²) in [6.45, 7) is 8.21. The third kappa shape index (κ3) is 3.20. The predicted octanol–water partition coefficient (Wildman–Crippen LogP) is 3.20. The zero-order chi connectivity index (χ0) is 18.3. The Hall–Kier alpha value is -1.68. The number of nitrogens with two attached hydrogens (primary N) is 1.